The average molecular weight is 332 g/mol. The first kappa shape index (κ1) is 16.7. The van der Waals surface area contributed by atoms with Crippen LogP contribution in [0.15, 0.2) is 23.1 Å². The molecule has 2 atom stereocenters. The van der Waals surface area contributed by atoms with Crippen LogP contribution in [0, 0.1) is 5.92 Å². The van der Waals surface area contributed by atoms with Crippen molar-refractivity contribution in [3.8, 4) is 0 Å². The van der Waals surface area contributed by atoms with Gasteiger partial charge in [-0.1, -0.05) is 24.6 Å². The Kier molecular flexibility index (Phi) is 5.27. The van der Waals surface area contributed by atoms with Crippen LogP contribution in [0.25, 0.3) is 0 Å². The van der Waals surface area contributed by atoms with E-state index < -0.39 is 10.0 Å². The monoisotopic (exact) mass is 331 g/mol. The lowest BCUT2D eigenvalue weighted by atomic mass is 9.95. The fraction of sp³-hybridized carbons (Fsp3) is 0.571. The fourth-order valence-corrected chi connectivity index (χ4v) is 4.38. The lowest BCUT2D eigenvalue weighted by molar-refractivity contribution is 0.188. The summed E-state index contributed by atoms with van der Waals surface area (Å²) in [6, 6.07) is 4.63. The highest BCUT2D eigenvalue weighted by molar-refractivity contribution is 7.89. The van der Waals surface area contributed by atoms with Gasteiger partial charge >= 0.3 is 0 Å². The van der Waals surface area contributed by atoms with Crippen LogP contribution in [0.2, 0.25) is 5.02 Å². The Hall–Kier alpha value is -0.660. The first-order chi connectivity index (χ1) is 9.83. The third-order valence-electron chi connectivity index (χ3n) is 3.97. The number of sulfonamides is 1. The highest BCUT2D eigenvalue weighted by Gasteiger charge is 2.28. The van der Waals surface area contributed by atoms with Gasteiger partial charge in [0.2, 0.25) is 10.0 Å². The molecule has 0 bridgehead atoms. The van der Waals surface area contributed by atoms with Crippen LogP contribution in [-0.2, 0) is 16.6 Å². The van der Waals surface area contributed by atoms with Crippen molar-refractivity contribution in [1.82, 2.24) is 9.62 Å². The molecule has 1 aromatic carbocycles. The zero-order chi connectivity index (χ0) is 15.6. The van der Waals surface area contributed by atoms with E-state index in [0.29, 0.717) is 11.6 Å². The number of halogens is 1. The number of nitrogens with zero attached hydrogens (tertiary/aromatic N) is 1. The third kappa shape index (κ3) is 3.96. The summed E-state index contributed by atoms with van der Waals surface area (Å²) < 4.78 is 27.7. The maximum atomic E-state index is 12.5. The van der Waals surface area contributed by atoms with Crippen molar-refractivity contribution in [2.75, 3.05) is 20.1 Å². The van der Waals surface area contributed by atoms with Gasteiger partial charge in [0.05, 0.1) is 4.90 Å². The van der Waals surface area contributed by atoms with Crippen LogP contribution in [0.5, 0.6) is 0 Å². The van der Waals surface area contributed by atoms with Crippen molar-refractivity contribution >= 4 is 21.6 Å². The molecule has 1 heterocycles. The number of benzene rings is 1. The largest absolute Gasteiger partial charge is 0.326 e. The molecule has 0 aliphatic carbocycles. The van der Waals surface area contributed by atoms with Gasteiger partial charge in [-0.15, -0.1) is 0 Å². The summed E-state index contributed by atoms with van der Waals surface area (Å²) in [5, 5.41) is 0.386. The molecule has 2 unspecified atom stereocenters. The Morgan fingerprint density at radius 1 is 1.48 bits per heavy atom. The maximum absolute atomic E-state index is 12.5. The van der Waals surface area contributed by atoms with E-state index in [1.54, 1.807) is 12.1 Å². The second kappa shape index (κ2) is 6.62. The summed E-state index contributed by atoms with van der Waals surface area (Å²) in [5.74, 6) is 0.275. The molecule has 1 fully saturated rings. The number of hydrogen-bond acceptors (Lipinski definition) is 4. The first-order valence-corrected chi connectivity index (χ1v) is 8.89. The van der Waals surface area contributed by atoms with Crippen molar-refractivity contribution in [3.63, 3.8) is 0 Å². The standard InChI is InChI=1S/C14H22ClN3O2S/c1-10-9-18(2)6-5-14(10)17-21(19,20)12-4-3-11(8-16)13(15)7-12/h3-4,7,10,14,17H,5-6,8-9,16H2,1-2H3. The lowest BCUT2D eigenvalue weighted by Crippen LogP contribution is -2.48. The van der Waals surface area contributed by atoms with Crippen LogP contribution in [0.1, 0.15) is 18.9 Å². The molecule has 0 saturated carbocycles. The van der Waals surface area contributed by atoms with E-state index in [0.717, 1.165) is 25.1 Å². The van der Waals surface area contributed by atoms with Crippen LogP contribution in [-0.4, -0.2) is 39.5 Å². The predicted octanol–water partition coefficient (Wildman–Crippen LogP) is 1.42. The van der Waals surface area contributed by atoms with Crippen LogP contribution < -0.4 is 10.5 Å². The van der Waals surface area contributed by atoms with E-state index in [1.165, 1.54) is 6.07 Å². The van der Waals surface area contributed by atoms with Gasteiger partial charge < -0.3 is 10.6 Å². The summed E-state index contributed by atoms with van der Waals surface area (Å²) >= 11 is 6.05. The van der Waals surface area contributed by atoms with E-state index >= 15 is 0 Å². The quantitative estimate of drug-likeness (QED) is 0.875. The van der Waals surface area contributed by atoms with Crippen molar-refractivity contribution in [2.24, 2.45) is 11.7 Å². The van der Waals surface area contributed by atoms with Crippen molar-refractivity contribution in [3.05, 3.63) is 28.8 Å². The van der Waals surface area contributed by atoms with Crippen LogP contribution in [0.4, 0.5) is 0 Å². The zero-order valence-corrected chi connectivity index (χ0v) is 13.9. The molecule has 0 amide bonds. The maximum Gasteiger partial charge on any atom is 0.240 e. The molecule has 0 spiro atoms. The van der Waals surface area contributed by atoms with Gasteiger partial charge in [0.1, 0.15) is 0 Å². The minimum absolute atomic E-state index is 0.0424. The van der Waals surface area contributed by atoms with E-state index in [4.69, 9.17) is 17.3 Å². The molecule has 1 saturated heterocycles. The number of rotatable bonds is 4. The molecular formula is C14H22ClN3O2S. The highest BCUT2D eigenvalue weighted by atomic mass is 35.5. The van der Waals surface area contributed by atoms with Gasteiger partial charge in [0.25, 0.3) is 0 Å². The number of hydrogen-bond donors (Lipinski definition) is 2. The Morgan fingerprint density at radius 3 is 2.76 bits per heavy atom. The van der Waals surface area contributed by atoms with Gasteiger partial charge in [-0.3, -0.25) is 0 Å². The lowest BCUT2D eigenvalue weighted by Gasteiger charge is -2.34. The second-order valence-electron chi connectivity index (χ2n) is 5.71. The second-order valence-corrected chi connectivity index (χ2v) is 7.83. The van der Waals surface area contributed by atoms with Gasteiger partial charge in [-0.25, -0.2) is 13.1 Å². The first-order valence-electron chi connectivity index (χ1n) is 7.03. The molecule has 0 aromatic heterocycles. The summed E-state index contributed by atoms with van der Waals surface area (Å²) in [6.07, 6.45) is 0.811. The summed E-state index contributed by atoms with van der Waals surface area (Å²) in [7, 11) is -1.50. The Morgan fingerprint density at radius 2 is 2.19 bits per heavy atom. The van der Waals surface area contributed by atoms with Gasteiger partial charge in [-0.05, 0) is 43.6 Å². The molecule has 2 rings (SSSR count). The SMILES string of the molecule is CC1CN(C)CCC1NS(=O)(=O)c1ccc(CN)c(Cl)c1. The van der Waals surface area contributed by atoms with Gasteiger partial charge in [-0.2, -0.15) is 0 Å². The normalized spacial score (nSPS) is 24.2. The molecular weight excluding hydrogens is 310 g/mol. The van der Waals surface area contributed by atoms with Crippen LogP contribution >= 0.6 is 11.6 Å². The Bertz CT molecular complexity index is 606. The van der Waals surface area contributed by atoms with E-state index in [2.05, 4.69) is 16.5 Å². The average Bonchev–Trinajstić information content (AvgIpc) is 2.42. The fourth-order valence-electron chi connectivity index (χ4n) is 2.66. The van der Waals surface area contributed by atoms with Crippen molar-refractivity contribution in [1.29, 1.82) is 0 Å². The highest BCUT2D eigenvalue weighted by Crippen LogP contribution is 2.22. The summed E-state index contributed by atoms with van der Waals surface area (Å²) in [6.45, 7) is 4.14. The molecule has 5 nitrogen and oxygen atoms in total. The Labute approximate surface area is 131 Å². The molecule has 21 heavy (non-hydrogen) atoms. The van der Waals surface area contributed by atoms with Gasteiger partial charge in [0, 0.05) is 24.2 Å². The molecule has 0 radical (unpaired) electrons. The zero-order valence-electron chi connectivity index (χ0n) is 12.3. The molecule has 3 N–H and O–H groups in total. The smallest absolute Gasteiger partial charge is 0.240 e. The van der Waals surface area contributed by atoms with Crippen molar-refractivity contribution in [2.45, 2.75) is 30.8 Å². The van der Waals surface area contributed by atoms with E-state index in [1.807, 2.05) is 7.05 Å². The van der Waals surface area contributed by atoms with Crippen LogP contribution in [0.3, 0.4) is 0 Å². The van der Waals surface area contributed by atoms with Crippen molar-refractivity contribution < 1.29 is 8.42 Å². The summed E-state index contributed by atoms with van der Waals surface area (Å²) in [5.41, 5.74) is 6.28. The third-order valence-corrected chi connectivity index (χ3v) is 5.81. The Balaban J connectivity index is 2.17. The number of nitrogens with one attached hydrogen (secondary N) is 1. The molecule has 1 aliphatic rings. The molecule has 7 heteroatoms. The minimum atomic E-state index is -3.55. The van der Waals surface area contributed by atoms with E-state index in [9.17, 15) is 8.42 Å². The molecule has 1 aromatic rings. The summed E-state index contributed by atoms with van der Waals surface area (Å²) in [4.78, 5) is 2.40. The van der Waals surface area contributed by atoms with E-state index in [-0.39, 0.29) is 16.9 Å². The number of nitrogens with two attached hydrogens (primary N) is 1. The van der Waals surface area contributed by atoms with Gasteiger partial charge in [0.15, 0.2) is 0 Å². The molecule has 1 aliphatic heterocycles. The predicted molar refractivity (Wildman–Crippen MR) is 84.7 cm³/mol. The topological polar surface area (TPSA) is 75.4 Å². The number of likely N-dealkylation sites (tertiary alicyclic amines) is 1. The minimum Gasteiger partial charge on any atom is -0.326 e. The molecule has 118 valence electrons. The number of piperidine rings is 1.